The molecule has 0 radical (unpaired) electrons. The molecule has 4 N–H and O–H groups in total. The summed E-state index contributed by atoms with van der Waals surface area (Å²) in [6.07, 6.45) is 1.27. The van der Waals surface area contributed by atoms with Gasteiger partial charge in [0.05, 0.1) is 11.9 Å². The fraction of sp³-hybridized carbons (Fsp3) is 0. The molecule has 0 spiro atoms. The smallest absolute Gasteiger partial charge is 0.294 e. The standard InChI is InChI=1S/C15H12N6O4/c22-11-8-21(9-4-2-1-3-5-9)20-13(11)15(25)19-18-14(24)10-6-7-12(23)17-16-10/h1-8,22H,(H,17,23)(H,18,24)(H,19,25). The normalized spacial score (nSPS) is 10.2. The third-order valence-corrected chi connectivity index (χ3v) is 3.13. The number of nitrogens with one attached hydrogen (secondary N) is 3. The molecule has 0 atom stereocenters. The van der Waals surface area contributed by atoms with Crippen LogP contribution in [-0.4, -0.2) is 36.9 Å². The van der Waals surface area contributed by atoms with Crippen LogP contribution in [0, 0.1) is 0 Å². The van der Waals surface area contributed by atoms with Crippen molar-refractivity contribution in [3.05, 3.63) is 70.4 Å². The molecule has 126 valence electrons. The number of aromatic amines is 1. The van der Waals surface area contributed by atoms with Crippen LogP contribution in [0.1, 0.15) is 21.0 Å². The number of H-pyrrole nitrogens is 1. The molecule has 10 heteroatoms. The highest BCUT2D eigenvalue weighted by molar-refractivity contribution is 5.98. The topological polar surface area (TPSA) is 142 Å². The minimum Gasteiger partial charge on any atom is -0.504 e. The Morgan fingerprint density at radius 1 is 1.04 bits per heavy atom. The summed E-state index contributed by atoms with van der Waals surface area (Å²) in [6, 6.07) is 11.2. The van der Waals surface area contributed by atoms with E-state index in [9.17, 15) is 19.5 Å². The van der Waals surface area contributed by atoms with Crippen molar-refractivity contribution in [1.82, 2.24) is 30.8 Å². The van der Waals surface area contributed by atoms with E-state index >= 15 is 0 Å². The average Bonchev–Trinajstić information content (AvgIpc) is 3.02. The van der Waals surface area contributed by atoms with Crippen LogP contribution in [0.2, 0.25) is 0 Å². The van der Waals surface area contributed by atoms with Crippen molar-refractivity contribution in [1.29, 1.82) is 0 Å². The monoisotopic (exact) mass is 340 g/mol. The fourth-order valence-electron chi connectivity index (χ4n) is 1.95. The largest absolute Gasteiger partial charge is 0.504 e. The van der Waals surface area contributed by atoms with E-state index in [1.165, 1.54) is 16.9 Å². The molecule has 2 aromatic heterocycles. The number of para-hydroxylation sites is 1. The van der Waals surface area contributed by atoms with Gasteiger partial charge in [-0.1, -0.05) is 18.2 Å². The zero-order valence-electron chi connectivity index (χ0n) is 12.6. The summed E-state index contributed by atoms with van der Waals surface area (Å²) in [5, 5.41) is 19.5. The van der Waals surface area contributed by atoms with Crippen LogP contribution in [0.25, 0.3) is 5.69 Å². The summed E-state index contributed by atoms with van der Waals surface area (Å²) in [5.74, 6) is -1.91. The highest BCUT2D eigenvalue weighted by Crippen LogP contribution is 2.17. The van der Waals surface area contributed by atoms with E-state index in [1.807, 2.05) is 6.07 Å². The van der Waals surface area contributed by atoms with Gasteiger partial charge in [-0.2, -0.15) is 10.2 Å². The van der Waals surface area contributed by atoms with Crippen LogP contribution in [0.4, 0.5) is 0 Å². The molecule has 2 heterocycles. The van der Waals surface area contributed by atoms with Gasteiger partial charge in [-0.05, 0) is 18.2 Å². The second-order valence-corrected chi connectivity index (χ2v) is 4.86. The van der Waals surface area contributed by atoms with E-state index in [4.69, 9.17) is 0 Å². The molecule has 10 nitrogen and oxygen atoms in total. The van der Waals surface area contributed by atoms with Crippen molar-refractivity contribution in [2.24, 2.45) is 0 Å². The van der Waals surface area contributed by atoms with Crippen molar-refractivity contribution in [3.63, 3.8) is 0 Å². The number of hydrogen-bond donors (Lipinski definition) is 4. The quantitative estimate of drug-likeness (QED) is 0.484. The average molecular weight is 340 g/mol. The molecule has 0 aliphatic rings. The van der Waals surface area contributed by atoms with Gasteiger partial charge in [-0.25, -0.2) is 9.78 Å². The number of amides is 2. The minimum atomic E-state index is -0.815. The van der Waals surface area contributed by atoms with E-state index in [0.29, 0.717) is 5.69 Å². The number of hydrazine groups is 1. The first-order valence-corrected chi connectivity index (χ1v) is 7.05. The fourth-order valence-corrected chi connectivity index (χ4v) is 1.95. The molecule has 0 bridgehead atoms. The predicted octanol–water partition coefficient (Wildman–Crippen LogP) is -0.264. The van der Waals surface area contributed by atoms with Crippen LogP contribution < -0.4 is 16.4 Å². The van der Waals surface area contributed by atoms with E-state index in [2.05, 4.69) is 26.1 Å². The molecular weight excluding hydrogens is 328 g/mol. The summed E-state index contributed by atoms with van der Waals surface area (Å²) >= 11 is 0. The molecular formula is C15H12N6O4. The summed E-state index contributed by atoms with van der Waals surface area (Å²) in [6.45, 7) is 0. The second-order valence-electron chi connectivity index (χ2n) is 4.86. The number of hydrogen-bond acceptors (Lipinski definition) is 6. The van der Waals surface area contributed by atoms with E-state index in [0.717, 1.165) is 6.07 Å². The summed E-state index contributed by atoms with van der Waals surface area (Å²) in [5.41, 5.74) is 4.05. The Hall–Kier alpha value is -3.95. The molecule has 0 saturated heterocycles. The van der Waals surface area contributed by atoms with Gasteiger partial charge in [-0.15, -0.1) is 0 Å². The highest BCUT2D eigenvalue weighted by Gasteiger charge is 2.18. The van der Waals surface area contributed by atoms with Gasteiger partial charge in [0.15, 0.2) is 17.1 Å². The van der Waals surface area contributed by atoms with E-state index < -0.39 is 17.4 Å². The van der Waals surface area contributed by atoms with Gasteiger partial charge in [-0.3, -0.25) is 25.2 Å². The maximum absolute atomic E-state index is 12.1. The van der Waals surface area contributed by atoms with Crippen LogP contribution in [0.15, 0.2) is 53.5 Å². The number of carbonyl (C=O) groups is 2. The zero-order chi connectivity index (χ0) is 17.8. The molecule has 3 rings (SSSR count). The van der Waals surface area contributed by atoms with Crippen molar-refractivity contribution in [2.45, 2.75) is 0 Å². The van der Waals surface area contributed by atoms with Gasteiger partial charge in [0.1, 0.15) is 0 Å². The maximum Gasteiger partial charge on any atom is 0.294 e. The Kier molecular flexibility index (Phi) is 4.24. The van der Waals surface area contributed by atoms with Crippen molar-refractivity contribution in [2.75, 3.05) is 0 Å². The Labute approximate surface area is 140 Å². The van der Waals surface area contributed by atoms with Gasteiger partial charge >= 0.3 is 0 Å². The number of nitrogens with zero attached hydrogens (tertiary/aromatic N) is 3. The third-order valence-electron chi connectivity index (χ3n) is 3.13. The number of aromatic nitrogens is 4. The molecule has 0 unspecified atom stereocenters. The van der Waals surface area contributed by atoms with Crippen molar-refractivity contribution in [3.8, 4) is 11.4 Å². The Balaban J connectivity index is 1.69. The molecule has 2 amide bonds. The molecule has 0 fully saturated rings. The molecule has 3 aromatic rings. The van der Waals surface area contributed by atoms with Crippen molar-refractivity contribution < 1.29 is 14.7 Å². The van der Waals surface area contributed by atoms with Crippen LogP contribution >= 0.6 is 0 Å². The van der Waals surface area contributed by atoms with Gasteiger partial charge < -0.3 is 5.11 Å². The predicted molar refractivity (Wildman–Crippen MR) is 85.0 cm³/mol. The maximum atomic E-state index is 12.1. The first-order valence-electron chi connectivity index (χ1n) is 7.05. The lowest BCUT2D eigenvalue weighted by atomic mass is 10.3. The molecule has 1 aromatic carbocycles. The number of benzene rings is 1. The molecule has 0 saturated carbocycles. The zero-order valence-corrected chi connectivity index (χ0v) is 12.6. The first-order chi connectivity index (χ1) is 12.0. The minimum absolute atomic E-state index is 0.0982. The van der Waals surface area contributed by atoms with Crippen molar-refractivity contribution >= 4 is 11.8 Å². The van der Waals surface area contributed by atoms with Crippen LogP contribution in [0.5, 0.6) is 5.75 Å². The molecule has 0 aliphatic carbocycles. The second kappa shape index (κ2) is 6.66. The Bertz CT molecular complexity index is 959. The Morgan fingerprint density at radius 2 is 1.76 bits per heavy atom. The first kappa shape index (κ1) is 15.9. The van der Waals surface area contributed by atoms with Gasteiger partial charge in [0.2, 0.25) is 0 Å². The lowest BCUT2D eigenvalue weighted by Gasteiger charge is -2.05. The number of carbonyl (C=O) groups excluding carboxylic acids is 2. The van der Waals surface area contributed by atoms with Crippen LogP contribution in [-0.2, 0) is 0 Å². The third kappa shape index (κ3) is 3.52. The number of rotatable bonds is 3. The SMILES string of the molecule is O=C(NNC(=O)c1nn(-c2ccccc2)cc1O)c1ccc(=O)[nH]n1. The van der Waals surface area contributed by atoms with Gasteiger partial charge in [0.25, 0.3) is 17.4 Å². The number of aromatic hydroxyl groups is 1. The van der Waals surface area contributed by atoms with Gasteiger partial charge in [0, 0.05) is 6.07 Å². The lowest BCUT2D eigenvalue weighted by molar-refractivity contribution is 0.0838. The lowest BCUT2D eigenvalue weighted by Crippen LogP contribution is -2.42. The van der Waals surface area contributed by atoms with Crippen LogP contribution in [0.3, 0.4) is 0 Å². The molecule has 25 heavy (non-hydrogen) atoms. The molecule has 0 aliphatic heterocycles. The summed E-state index contributed by atoms with van der Waals surface area (Å²) in [4.78, 5) is 34.8. The Morgan fingerprint density at radius 3 is 2.44 bits per heavy atom. The highest BCUT2D eigenvalue weighted by atomic mass is 16.3. The van der Waals surface area contributed by atoms with E-state index in [1.54, 1.807) is 24.3 Å². The van der Waals surface area contributed by atoms with E-state index in [-0.39, 0.29) is 17.1 Å². The summed E-state index contributed by atoms with van der Waals surface area (Å²) < 4.78 is 1.33. The summed E-state index contributed by atoms with van der Waals surface area (Å²) in [7, 11) is 0.